The maximum absolute atomic E-state index is 12.0. The third-order valence-electron chi connectivity index (χ3n) is 3.00. The van der Waals surface area contributed by atoms with Crippen LogP contribution in [0.5, 0.6) is 5.75 Å². The maximum Gasteiger partial charge on any atom is 0.258 e. The molecular weight excluding hydrogens is 360 g/mol. The molecule has 0 aromatic heterocycles. The van der Waals surface area contributed by atoms with Crippen LogP contribution in [0.4, 0.5) is 5.69 Å². The number of hydrogen-bond donors (Lipinski definition) is 2. The van der Waals surface area contributed by atoms with Gasteiger partial charge in [0.05, 0.1) is 0 Å². The average Bonchev–Trinajstić information content (AvgIpc) is 2.55. The first-order valence-corrected chi connectivity index (χ1v) is 7.87. The van der Waals surface area contributed by atoms with Crippen LogP contribution in [-0.4, -0.2) is 24.5 Å². The van der Waals surface area contributed by atoms with Crippen LogP contribution in [-0.2, 0) is 9.59 Å². The Morgan fingerprint density at radius 2 is 1.74 bits per heavy atom. The largest absolute Gasteiger partial charge is 0.484 e. The molecule has 2 N–H and O–H groups in total. The minimum atomic E-state index is -0.656. The summed E-state index contributed by atoms with van der Waals surface area (Å²) >= 11 is 3.32. The number of rotatable bonds is 6. The Morgan fingerprint density at radius 1 is 1.09 bits per heavy atom. The van der Waals surface area contributed by atoms with Gasteiger partial charge in [-0.25, -0.2) is 0 Å². The van der Waals surface area contributed by atoms with E-state index in [9.17, 15) is 9.59 Å². The van der Waals surface area contributed by atoms with Crippen molar-refractivity contribution in [3.8, 4) is 5.75 Å². The quantitative estimate of drug-likeness (QED) is 0.814. The van der Waals surface area contributed by atoms with Crippen molar-refractivity contribution >= 4 is 33.4 Å². The summed E-state index contributed by atoms with van der Waals surface area (Å²) in [5.41, 5.74) is 0.685. The van der Waals surface area contributed by atoms with E-state index in [0.717, 1.165) is 4.47 Å². The molecular formula is C17H17BrN2O3. The van der Waals surface area contributed by atoms with Crippen LogP contribution < -0.4 is 15.4 Å². The lowest BCUT2D eigenvalue weighted by molar-refractivity contribution is -0.127. The molecule has 23 heavy (non-hydrogen) atoms. The Balaban J connectivity index is 1.77. The number of nitrogens with one attached hydrogen (secondary N) is 2. The Hall–Kier alpha value is -2.34. The SMILES string of the molecule is CC(NC(=O)COc1ccc(Br)cc1)C(=O)Nc1ccccc1. The average molecular weight is 377 g/mol. The monoisotopic (exact) mass is 376 g/mol. The zero-order valence-corrected chi connectivity index (χ0v) is 14.2. The molecule has 120 valence electrons. The molecule has 0 heterocycles. The summed E-state index contributed by atoms with van der Waals surface area (Å²) in [6.07, 6.45) is 0. The topological polar surface area (TPSA) is 67.4 Å². The maximum atomic E-state index is 12.0. The molecule has 0 aliphatic heterocycles. The highest BCUT2D eigenvalue weighted by molar-refractivity contribution is 9.10. The minimum Gasteiger partial charge on any atom is -0.484 e. The summed E-state index contributed by atoms with van der Waals surface area (Å²) in [5, 5.41) is 5.32. The molecule has 2 rings (SSSR count). The number of para-hydroxylation sites is 1. The van der Waals surface area contributed by atoms with Gasteiger partial charge < -0.3 is 15.4 Å². The van der Waals surface area contributed by atoms with Crippen LogP contribution in [0.3, 0.4) is 0 Å². The molecule has 0 spiro atoms. The first-order valence-electron chi connectivity index (χ1n) is 7.08. The third-order valence-corrected chi connectivity index (χ3v) is 3.52. The second kappa shape index (κ2) is 8.33. The minimum absolute atomic E-state index is 0.148. The van der Waals surface area contributed by atoms with Crippen molar-refractivity contribution in [3.05, 3.63) is 59.1 Å². The molecule has 0 fully saturated rings. The molecule has 2 aromatic rings. The molecule has 0 aliphatic rings. The van der Waals surface area contributed by atoms with Crippen molar-refractivity contribution in [2.45, 2.75) is 13.0 Å². The number of ether oxygens (including phenoxy) is 1. The van der Waals surface area contributed by atoms with E-state index >= 15 is 0 Å². The molecule has 0 bridgehead atoms. The van der Waals surface area contributed by atoms with Crippen molar-refractivity contribution in [3.63, 3.8) is 0 Å². The molecule has 0 aliphatic carbocycles. The highest BCUT2D eigenvalue weighted by Gasteiger charge is 2.15. The van der Waals surface area contributed by atoms with Gasteiger partial charge in [-0.3, -0.25) is 9.59 Å². The third kappa shape index (κ3) is 5.75. The fraction of sp³-hybridized carbons (Fsp3) is 0.176. The van der Waals surface area contributed by atoms with Crippen molar-refractivity contribution in [2.75, 3.05) is 11.9 Å². The lowest BCUT2D eigenvalue weighted by Gasteiger charge is -2.14. The molecule has 0 saturated heterocycles. The number of amides is 2. The highest BCUT2D eigenvalue weighted by atomic mass is 79.9. The summed E-state index contributed by atoms with van der Waals surface area (Å²) in [4.78, 5) is 23.8. The van der Waals surface area contributed by atoms with E-state index in [-0.39, 0.29) is 18.4 Å². The van der Waals surface area contributed by atoms with Crippen molar-refractivity contribution in [1.29, 1.82) is 0 Å². The highest BCUT2D eigenvalue weighted by Crippen LogP contribution is 2.15. The lowest BCUT2D eigenvalue weighted by atomic mass is 10.2. The number of carbonyl (C=O) groups is 2. The van der Waals surface area contributed by atoms with Gasteiger partial charge in [0.1, 0.15) is 11.8 Å². The van der Waals surface area contributed by atoms with E-state index in [2.05, 4.69) is 26.6 Å². The van der Waals surface area contributed by atoms with E-state index in [1.54, 1.807) is 31.2 Å². The lowest BCUT2D eigenvalue weighted by Crippen LogP contribution is -2.43. The molecule has 6 heteroatoms. The van der Waals surface area contributed by atoms with E-state index in [4.69, 9.17) is 4.74 Å². The van der Waals surface area contributed by atoms with Crippen LogP contribution >= 0.6 is 15.9 Å². The Kier molecular flexibility index (Phi) is 6.17. The van der Waals surface area contributed by atoms with Crippen LogP contribution in [0.25, 0.3) is 0 Å². The molecule has 2 amide bonds. The predicted molar refractivity (Wildman–Crippen MR) is 92.3 cm³/mol. The number of anilines is 1. The zero-order valence-electron chi connectivity index (χ0n) is 12.6. The zero-order chi connectivity index (χ0) is 16.7. The molecule has 0 radical (unpaired) electrons. The van der Waals surface area contributed by atoms with Crippen molar-refractivity contribution < 1.29 is 14.3 Å². The van der Waals surface area contributed by atoms with Gasteiger partial charge in [-0.15, -0.1) is 0 Å². The number of benzene rings is 2. The molecule has 5 nitrogen and oxygen atoms in total. The molecule has 2 aromatic carbocycles. The fourth-order valence-electron chi connectivity index (χ4n) is 1.80. The summed E-state index contributed by atoms with van der Waals surface area (Å²) < 4.78 is 6.29. The van der Waals surface area contributed by atoms with Gasteiger partial charge in [0, 0.05) is 10.2 Å². The molecule has 1 atom stereocenters. The van der Waals surface area contributed by atoms with Gasteiger partial charge in [0.25, 0.3) is 5.91 Å². The number of hydrogen-bond acceptors (Lipinski definition) is 3. The number of halogens is 1. The summed E-state index contributed by atoms with van der Waals surface area (Å²) in [6, 6.07) is 15.6. The van der Waals surface area contributed by atoms with Gasteiger partial charge in [-0.2, -0.15) is 0 Å². The van der Waals surface area contributed by atoms with E-state index in [0.29, 0.717) is 11.4 Å². The standard InChI is InChI=1S/C17H17BrN2O3/c1-12(17(22)20-14-5-3-2-4-6-14)19-16(21)11-23-15-9-7-13(18)8-10-15/h2-10,12H,11H2,1H3,(H,19,21)(H,20,22). The predicted octanol–water partition coefficient (Wildman–Crippen LogP) is 2.97. The van der Waals surface area contributed by atoms with Crippen molar-refractivity contribution in [2.24, 2.45) is 0 Å². The van der Waals surface area contributed by atoms with Crippen LogP contribution in [0.2, 0.25) is 0 Å². The Morgan fingerprint density at radius 3 is 2.39 bits per heavy atom. The normalized spacial score (nSPS) is 11.4. The first kappa shape index (κ1) is 17.0. The molecule has 0 saturated carbocycles. The van der Waals surface area contributed by atoms with Gasteiger partial charge in [0.15, 0.2) is 6.61 Å². The summed E-state index contributed by atoms with van der Waals surface area (Å²) in [5.74, 6) is -0.0541. The van der Waals surface area contributed by atoms with Gasteiger partial charge in [0.2, 0.25) is 5.91 Å². The smallest absolute Gasteiger partial charge is 0.258 e. The summed E-state index contributed by atoms with van der Waals surface area (Å²) in [7, 11) is 0. The number of carbonyl (C=O) groups excluding carboxylic acids is 2. The summed E-state index contributed by atoms with van der Waals surface area (Å²) in [6.45, 7) is 1.47. The van der Waals surface area contributed by atoms with Gasteiger partial charge in [-0.1, -0.05) is 34.1 Å². The van der Waals surface area contributed by atoms with Crippen molar-refractivity contribution in [1.82, 2.24) is 5.32 Å². The molecule has 1 unspecified atom stereocenters. The van der Waals surface area contributed by atoms with E-state index in [1.807, 2.05) is 30.3 Å². The van der Waals surface area contributed by atoms with Crippen LogP contribution in [0.15, 0.2) is 59.1 Å². The second-order valence-electron chi connectivity index (χ2n) is 4.89. The Bertz CT molecular complexity index is 659. The fourth-order valence-corrected chi connectivity index (χ4v) is 2.06. The van der Waals surface area contributed by atoms with Gasteiger partial charge in [-0.05, 0) is 43.3 Å². The van der Waals surface area contributed by atoms with Crippen LogP contribution in [0, 0.1) is 0 Å². The van der Waals surface area contributed by atoms with Gasteiger partial charge >= 0.3 is 0 Å². The first-order chi connectivity index (χ1) is 11.0. The van der Waals surface area contributed by atoms with E-state index in [1.165, 1.54) is 0 Å². The van der Waals surface area contributed by atoms with Crippen LogP contribution in [0.1, 0.15) is 6.92 Å². The second-order valence-corrected chi connectivity index (χ2v) is 5.80. The Labute approximate surface area is 143 Å². The van der Waals surface area contributed by atoms with E-state index < -0.39 is 6.04 Å².